The van der Waals surface area contributed by atoms with E-state index in [1.165, 1.54) is 0 Å². The van der Waals surface area contributed by atoms with E-state index in [1.807, 2.05) is 0 Å². The van der Waals surface area contributed by atoms with E-state index < -0.39 is 0 Å². The third-order valence-electron chi connectivity index (χ3n) is 2.54. The molecule has 21 heavy (non-hydrogen) atoms. The highest BCUT2D eigenvalue weighted by molar-refractivity contribution is 7.99. The fourth-order valence-electron chi connectivity index (χ4n) is 1.65. The molecule has 0 spiro atoms. The SMILES string of the molecule is CC(C)Sc1ncccc1C(=O)Nc1ccc(Cl)c(Cl)c1. The first-order chi connectivity index (χ1) is 9.97. The van der Waals surface area contributed by atoms with Gasteiger partial charge in [0.05, 0.1) is 15.6 Å². The van der Waals surface area contributed by atoms with Gasteiger partial charge < -0.3 is 5.32 Å². The second kappa shape index (κ2) is 7.16. The molecule has 0 unspecified atom stereocenters. The van der Waals surface area contributed by atoms with Crippen molar-refractivity contribution in [1.82, 2.24) is 4.98 Å². The first kappa shape index (κ1) is 16.1. The van der Waals surface area contributed by atoms with Gasteiger partial charge >= 0.3 is 0 Å². The molecule has 0 saturated heterocycles. The molecule has 110 valence electrons. The monoisotopic (exact) mass is 340 g/mol. The zero-order chi connectivity index (χ0) is 15.4. The van der Waals surface area contributed by atoms with Crippen LogP contribution in [0.25, 0.3) is 0 Å². The van der Waals surface area contributed by atoms with Gasteiger partial charge in [-0.1, -0.05) is 37.0 Å². The van der Waals surface area contributed by atoms with Crippen molar-refractivity contribution in [2.45, 2.75) is 24.1 Å². The van der Waals surface area contributed by atoms with Crippen LogP contribution in [0.1, 0.15) is 24.2 Å². The molecule has 6 heteroatoms. The Bertz CT molecular complexity index is 662. The second-order valence-electron chi connectivity index (χ2n) is 4.61. The highest BCUT2D eigenvalue weighted by Crippen LogP contribution is 2.27. The van der Waals surface area contributed by atoms with Crippen molar-refractivity contribution in [2.75, 3.05) is 5.32 Å². The van der Waals surface area contributed by atoms with Crippen LogP contribution >= 0.6 is 35.0 Å². The summed E-state index contributed by atoms with van der Waals surface area (Å²) < 4.78 is 0. The minimum Gasteiger partial charge on any atom is -0.322 e. The van der Waals surface area contributed by atoms with Gasteiger partial charge in [0.15, 0.2) is 0 Å². The summed E-state index contributed by atoms with van der Waals surface area (Å²) in [6.07, 6.45) is 1.68. The summed E-state index contributed by atoms with van der Waals surface area (Å²) in [6, 6.07) is 8.47. The minimum atomic E-state index is -0.218. The first-order valence-electron chi connectivity index (χ1n) is 6.35. The van der Waals surface area contributed by atoms with Crippen molar-refractivity contribution in [3.8, 4) is 0 Å². The maximum atomic E-state index is 12.4. The Morgan fingerprint density at radius 1 is 1.24 bits per heavy atom. The molecular weight excluding hydrogens is 327 g/mol. The third kappa shape index (κ3) is 4.37. The van der Waals surface area contributed by atoms with Crippen LogP contribution in [0.2, 0.25) is 10.0 Å². The van der Waals surface area contributed by atoms with Crippen molar-refractivity contribution < 1.29 is 4.79 Å². The molecule has 0 fully saturated rings. The van der Waals surface area contributed by atoms with Crippen molar-refractivity contribution in [3.05, 3.63) is 52.1 Å². The van der Waals surface area contributed by atoms with E-state index in [0.29, 0.717) is 31.6 Å². The van der Waals surface area contributed by atoms with Crippen LogP contribution in [0, 0.1) is 0 Å². The molecular formula is C15H14Cl2N2OS. The summed E-state index contributed by atoms with van der Waals surface area (Å²) in [4.78, 5) is 16.6. The molecule has 0 aliphatic rings. The van der Waals surface area contributed by atoms with Gasteiger partial charge in [-0.3, -0.25) is 4.79 Å². The van der Waals surface area contributed by atoms with E-state index >= 15 is 0 Å². The number of rotatable bonds is 4. The molecule has 0 aliphatic heterocycles. The van der Waals surface area contributed by atoms with Crippen LogP contribution in [0.4, 0.5) is 5.69 Å². The lowest BCUT2D eigenvalue weighted by molar-refractivity contribution is 0.102. The lowest BCUT2D eigenvalue weighted by Crippen LogP contribution is -2.14. The molecule has 0 atom stereocenters. The topological polar surface area (TPSA) is 42.0 Å². The quantitative estimate of drug-likeness (QED) is 0.783. The molecule has 1 N–H and O–H groups in total. The Balaban J connectivity index is 2.22. The third-order valence-corrected chi connectivity index (χ3v) is 4.30. The average Bonchev–Trinajstić information content (AvgIpc) is 2.43. The smallest absolute Gasteiger partial charge is 0.258 e. The van der Waals surface area contributed by atoms with Gasteiger partial charge in [0.25, 0.3) is 5.91 Å². The standard InChI is InChI=1S/C15H14Cl2N2OS/c1-9(2)21-15-11(4-3-7-18-15)14(20)19-10-5-6-12(16)13(17)8-10/h3-9H,1-2H3,(H,19,20). The number of pyridine rings is 1. The summed E-state index contributed by atoms with van der Waals surface area (Å²) in [6.45, 7) is 4.11. The van der Waals surface area contributed by atoms with Gasteiger partial charge in [0.1, 0.15) is 5.03 Å². The van der Waals surface area contributed by atoms with Gasteiger partial charge in [-0.2, -0.15) is 0 Å². The molecule has 0 bridgehead atoms. The Hall–Kier alpha value is -1.23. The Labute approximate surface area is 138 Å². The summed E-state index contributed by atoms with van der Waals surface area (Å²) in [5.41, 5.74) is 1.14. The molecule has 3 nitrogen and oxygen atoms in total. The van der Waals surface area contributed by atoms with Gasteiger partial charge in [-0.05, 0) is 30.3 Å². The fraction of sp³-hybridized carbons (Fsp3) is 0.200. The van der Waals surface area contributed by atoms with E-state index in [9.17, 15) is 4.79 Å². The summed E-state index contributed by atoms with van der Waals surface area (Å²) in [5.74, 6) is -0.218. The number of aromatic nitrogens is 1. The van der Waals surface area contributed by atoms with Crippen LogP contribution in [0.3, 0.4) is 0 Å². The van der Waals surface area contributed by atoms with E-state index in [-0.39, 0.29) is 5.91 Å². The van der Waals surface area contributed by atoms with Crippen LogP contribution in [0.5, 0.6) is 0 Å². The number of hydrogen-bond acceptors (Lipinski definition) is 3. The number of nitrogens with one attached hydrogen (secondary N) is 1. The molecule has 2 aromatic rings. The maximum absolute atomic E-state index is 12.4. The summed E-state index contributed by atoms with van der Waals surface area (Å²) >= 11 is 13.4. The lowest BCUT2D eigenvalue weighted by Gasteiger charge is -2.11. The van der Waals surface area contributed by atoms with Gasteiger partial charge in [-0.25, -0.2) is 4.98 Å². The number of carbonyl (C=O) groups excluding carboxylic acids is 1. The molecule has 1 aromatic carbocycles. The van der Waals surface area contributed by atoms with Crippen LogP contribution in [-0.2, 0) is 0 Å². The Morgan fingerprint density at radius 2 is 2.00 bits per heavy atom. The van der Waals surface area contributed by atoms with E-state index in [0.717, 1.165) is 0 Å². The van der Waals surface area contributed by atoms with Crippen molar-refractivity contribution in [1.29, 1.82) is 0 Å². The number of anilines is 1. The predicted molar refractivity (Wildman–Crippen MR) is 89.6 cm³/mol. The highest BCUT2D eigenvalue weighted by atomic mass is 35.5. The molecule has 1 amide bonds. The van der Waals surface area contributed by atoms with Gasteiger partial charge in [-0.15, -0.1) is 11.8 Å². The maximum Gasteiger partial charge on any atom is 0.258 e. The first-order valence-corrected chi connectivity index (χ1v) is 7.99. The van der Waals surface area contributed by atoms with Crippen LogP contribution in [0.15, 0.2) is 41.6 Å². The number of nitrogens with zero attached hydrogens (tertiary/aromatic N) is 1. The highest BCUT2D eigenvalue weighted by Gasteiger charge is 2.14. The van der Waals surface area contributed by atoms with Crippen molar-refractivity contribution >= 4 is 46.6 Å². The van der Waals surface area contributed by atoms with E-state index in [1.54, 1.807) is 48.3 Å². The number of benzene rings is 1. The molecule has 0 aliphatic carbocycles. The second-order valence-corrected chi connectivity index (χ2v) is 6.99. The Morgan fingerprint density at radius 3 is 2.67 bits per heavy atom. The fourth-order valence-corrected chi connectivity index (χ4v) is 2.81. The minimum absolute atomic E-state index is 0.218. The molecule has 1 aromatic heterocycles. The predicted octanol–water partition coefficient (Wildman–Crippen LogP) is 5.14. The number of halogens is 2. The largest absolute Gasteiger partial charge is 0.322 e. The van der Waals surface area contributed by atoms with Crippen molar-refractivity contribution in [2.24, 2.45) is 0 Å². The van der Waals surface area contributed by atoms with Gasteiger partial charge in [0.2, 0.25) is 0 Å². The number of amides is 1. The molecule has 0 saturated carbocycles. The normalized spacial score (nSPS) is 10.7. The average molecular weight is 341 g/mol. The number of thioether (sulfide) groups is 1. The lowest BCUT2D eigenvalue weighted by atomic mass is 10.2. The van der Waals surface area contributed by atoms with E-state index in [2.05, 4.69) is 24.1 Å². The molecule has 1 heterocycles. The number of carbonyl (C=O) groups is 1. The molecule has 2 rings (SSSR count). The van der Waals surface area contributed by atoms with Crippen LogP contribution in [-0.4, -0.2) is 16.1 Å². The van der Waals surface area contributed by atoms with Gasteiger partial charge in [0, 0.05) is 17.1 Å². The van der Waals surface area contributed by atoms with E-state index in [4.69, 9.17) is 23.2 Å². The zero-order valence-electron chi connectivity index (χ0n) is 11.6. The molecule has 0 radical (unpaired) electrons. The van der Waals surface area contributed by atoms with Crippen LogP contribution < -0.4 is 5.32 Å². The summed E-state index contributed by atoms with van der Waals surface area (Å²) in [7, 11) is 0. The van der Waals surface area contributed by atoms with Crippen molar-refractivity contribution in [3.63, 3.8) is 0 Å². The Kier molecular flexibility index (Phi) is 5.51. The summed E-state index contributed by atoms with van der Waals surface area (Å²) in [5, 5.41) is 4.71. The zero-order valence-corrected chi connectivity index (χ0v) is 13.9. The number of hydrogen-bond donors (Lipinski definition) is 1.